The first-order chi connectivity index (χ1) is 18.5. The Morgan fingerprint density at radius 3 is 1.63 bits per heavy atom. The number of aromatic amines is 2. The maximum absolute atomic E-state index is 12.7. The summed E-state index contributed by atoms with van der Waals surface area (Å²) < 4.78 is 11.0. The molecule has 182 valence electrons. The Hall–Kier alpha value is -5.42. The number of rotatable bonds is 4. The number of nitriles is 3. The zero-order chi connectivity index (χ0) is 26.8. The minimum Gasteiger partial charge on any atom is -0.421 e. The maximum Gasteiger partial charge on any atom is 0.328 e. The van der Waals surface area contributed by atoms with Crippen molar-refractivity contribution < 1.29 is 4.74 Å². The van der Waals surface area contributed by atoms with Gasteiger partial charge in [0.25, 0.3) is 5.56 Å². The van der Waals surface area contributed by atoms with Crippen molar-refractivity contribution in [2.45, 2.75) is 5.41 Å². The third-order valence-electron chi connectivity index (χ3n) is 6.15. The highest BCUT2D eigenvalue weighted by molar-refractivity contribution is 7.87. The number of ether oxygens (including phenoxy) is 1. The minimum atomic E-state index is -2.99. The second-order valence-electron chi connectivity index (χ2n) is 8.22. The lowest BCUT2D eigenvalue weighted by Crippen LogP contribution is -2.40. The van der Waals surface area contributed by atoms with Crippen molar-refractivity contribution in [2.24, 2.45) is 4.74 Å². The van der Waals surface area contributed by atoms with Crippen molar-refractivity contribution in [3.05, 3.63) is 129 Å². The molecule has 10 heteroatoms. The standard InChI is InChI=1S/C28H17N6O3P/c29-16-22-25(37-26-23(28(22,17-30)18-31)24(35)32-27(36)33-26)34-38(19-10-4-1-5-11-19,20-12-6-2-7-13-20)21-14-8-3-9-15-21/h1-15H,(H2,32,33,35,36). The van der Waals surface area contributed by atoms with Crippen LogP contribution in [-0.2, 0) is 5.41 Å². The smallest absolute Gasteiger partial charge is 0.328 e. The van der Waals surface area contributed by atoms with Gasteiger partial charge in [-0.15, -0.1) is 0 Å². The Kier molecular flexibility index (Phi) is 6.11. The van der Waals surface area contributed by atoms with Crippen LogP contribution in [0.1, 0.15) is 5.56 Å². The predicted molar refractivity (Wildman–Crippen MR) is 141 cm³/mol. The van der Waals surface area contributed by atoms with Crippen LogP contribution < -0.4 is 31.9 Å². The molecule has 0 atom stereocenters. The van der Waals surface area contributed by atoms with Crippen LogP contribution in [-0.4, -0.2) is 9.97 Å². The molecule has 0 radical (unpaired) electrons. The van der Waals surface area contributed by atoms with Gasteiger partial charge in [0.1, 0.15) is 17.2 Å². The molecule has 3 aromatic carbocycles. The van der Waals surface area contributed by atoms with Gasteiger partial charge in [-0.2, -0.15) is 15.8 Å². The number of hydrogen-bond acceptors (Lipinski definition) is 7. The largest absolute Gasteiger partial charge is 0.421 e. The highest BCUT2D eigenvalue weighted by Gasteiger charge is 2.50. The van der Waals surface area contributed by atoms with Crippen LogP contribution in [0.5, 0.6) is 5.88 Å². The molecule has 5 rings (SSSR count). The molecule has 38 heavy (non-hydrogen) atoms. The monoisotopic (exact) mass is 516 g/mol. The lowest BCUT2D eigenvalue weighted by atomic mass is 9.77. The Balaban J connectivity index is 1.99. The van der Waals surface area contributed by atoms with Gasteiger partial charge in [-0.25, -0.2) is 9.54 Å². The normalized spacial score (nSPS) is 13.7. The van der Waals surface area contributed by atoms with E-state index in [1.54, 1.807) is 0 Å². The molecule has 0 saturated heterocycles. The summed E-state index contributed by atoms with van der Waals surface area (Å²) >= 11 is 0. The van der Waals surface area contributed by atoms with E-state index >= 15 is 0 Å². The molecule has 0 aliphatic carbocycles. The Labute approximate surface area is 216 Å². The third kappa shape index (κ3) is 3.65. The van der Waals surface area contributed by atoms with Crippen LogP contribution in [0.3, 0.4) is 0 Å². The summed E-state index contributed by atoms with van der Waals surface area (Å²) in [6.07, 6.45) is 0. The zero-order valence-corrected chi connectivity index (χ0v) is 20.5. The molecule has 1 aliphatic rings. The Bertz CT molecular complexity index is 1760. The van der Waals surface area contributed by atoms with Gasteiger partial charge in [0.15, 0.2) is 0 Å². The molecular weight excluding hydrogens is 499 g/mol. The molecule has 0 amide bonds. The summed E-state index contributed by atoms with van der Waals surface area (Å²) in [7, 11) is -2.99. The second-order valence-corrected chi connectivity index (χ2v) is 11.2. The van der Waals surface area contributed by atoms with Gasteiger partial charge in [0.05, 0.1) is 19.2 Å². The van der Waals surface area contributed by atoms with Gasteiger partial charge in [0, 0.05) is 15.9 Å². The molecule has 0 bridgehead atoms. The quantitative estimate of drug-likeness (QED) is 0.397. The number of fused-ring (bicyclic) bond motifs is 1. The fraction of sp³-hybridized carbons (Fsp3) is 0.0357. The van der Waals surface area contributed by atoms with E-state index in [1.165, 1.54) is 0 Å². The van der Waals surface area contributed by atoms with Crippen LogP contribution >= 0.6 is 7.05 Å². The number of aromatic nitrogens is 2. The third-order valence-corrected chi connectivity index (χ3v) is 9.77. The van der Waals surface area contributed by atoms with Crippen LogP contribution in [0.2, 0.25) is 0 Å². The average molecular weight is 516 g/mol. The van der Waals surface area contributed by atoms with Crippen LogP contribution in [0.4, 0.5) is 0 Å². The van der Waals surface area contributed by atoms with E-state index in [-0.39, 0.29) is 5.88 Å². The van der Waals surface area contributed by atoms with Gasteiger partial charge >= 0.3 is 5.69 Å². The first-order valence-electron chi connectivity index (χ1n) is 11.3. The molecule has 0 saturated carbocycles. The summed E-state index contributed by atoms with van der Waals surface area (Å²) in [5.74, 6) is -0.735. The molecule has 2 N–H and O–H groups in total. The number of hydrogen-bond donors (Lipinski definition) is 2. The molecular formula is C28H17N6O3P. The topological polar surface area (TPSA) is 159 Å². The van der Waals surface area contributed by atoms with Gasteiger partial charge in [-0.05, 0) is 0 Å². The molecule has 1 aliphatic heterocycles. The van der Waals surface area contributed by atoms with E-state index in [0.717, 1.165) is 15.9 Å². The van der Waals surface area contributed by atoms with E-state index in [2.05, 4.69) is 4.98 Å². The number of benzene rings is 3. The summed E-state index contributed by atoms with van der Waals surface area (Å²) in [5.41, 5.74) is -5.18. The first kappa shape index (κ1) is 24.3. The fourth-order valence-corrected chi connectivity index (χ4v) is 7.92. The Morgan fingerprint density at radius 1 is 0.737 bits per heavy atom. The SMILES string of the molecule is N#CC1=C(N=P(c2ccccc2)(c2ccccc2)c2ccccc2)Oc2[nH]c(=O)[nH]c(=O)c2C1(C#N)C#N. The zero-order valence-electron chi connectivity index (χ0n) is 19.6. The van der Waals surface area contributed by atoms with Crippen molar-refractivity contribution in [2.75, 3.05) is 0 Å². The van der Waals surface area contributed by atoms with Crippen LogP contribution in [0.15, 0.2) is 117 Å². The van der Waals surface area contributed by atoms with Crippen molar-refractivity contribution in [1.82, 2.24) is 9.97 Å². The molecule has 0 unspecified atom stereocenters. The second kappa shape index (κ2) is 9.56. The molecule has 0 spiro atoms. The van der Waals surface area contributed by atoms with E-state index in [4.69, 9.17) is 9.48 Å². The Morgan fingerprint density at radius 2 is 1.21 bits per heavy atom. The van der Waals surface area contributed by atoms with Crippen molar-refractivity contribution in [3.63, 3.8) is 0 Å². The van der Waals surface area contributed by atoms with Gasteiger partial charge in [0.2, 0.25) is 17.2 Å². The molecule has 1 aromatic heterocycles. The maximum atomic E-state index is 12.7. The van der Waals surface area contributed by atoms with Crippen molar-refractivity contribution in [1.29, 1.82) is 15.8 Å². The van der Waals surface area contributed by atoms with Crippen molar-refractivity contribution in [3.8, 4) is 24.1 Å². The lowest BCUT2D eigenvalue weighted by Gasteiger charge is -2.30. The molecule has 9 nitrogen and oxygen atoms in total. The number of H-pyrrole nitrogens is 2. The summed E-state index contributed by atoms with van der Waals surface area (Å²) in [4.78, 5) is 29.2. The summed E-state index contributed by atoms with van der Waals surface area (Å²) in [5, 5.41) is 33.0. The number of allylic oxidation sites excluding steroid dienone is 1. The van der Waals surface area contributed by atoms with E-state index in [9.17, 15) is 25.4 Å². The number of nitrogens with zero attached hydrogens (tertiary/aromatic N) is 4. The summed E-state index contributed by atoms with van der Waals surface area (Å²) in [6, 6.07) is 33.8. The minimum absolute atomic E-state index is 0.325. The fourth-order valence-electron chi connectivity index (χ4n) is 4.45. The lowest BCUT2D eigenvalue weighted by molar-refractivity contribution is 0.368. The number of nitrogens with one attached hydrogen (secondary N) is 2. The first-order valence-corrected chi connectivity index (χ1v) is 13.1. The molecule has 2 heterocycles. The van der Waals surface area contributed by atoms with Gasteiger partial charge in [-0.1, -0.05) is 91.0 Å². The van der Waals surface area contributed by atoms with Crippen LogP contribution in [0.25, 0.3) is 0 Å². The van der Waals surface area contributed by atoms with E-state index < -0.39 is 40.7 Å². The van der Waals surface area contributed by atoms with Gasteiger partial charge in [-0.3, -0.25) is 14.8 Å². The van der Waals surface area contributed by atoms with E-state index in [1.807, 2.05) is 114 Å². The van der Waals surface area contributed by atoms with E-state index in [0.29, 0.717) is 0 Å². The van der Waals surface area contributed by atoms with Crippen LogP contribution in [0, 0.1) is 34.0 Å². The predicted octanol–water partition coefficient (Wildman–Crippen LogP) is 2.65. The highest BCUT2D eigenvalue weighted by Crippen LogP contribution is 2.50. The average Bonchev–Trinajstić information content (AvgIpc) is 2.96. The molecule has 4 aromatic rings. The molecule has 0 fully saturated rings. The summed E-state index contributed by atoms with van der Waals surface area (Å²) in [6.45, 7) is 0. The van der Waals surface area contributed by atoms with Gasteiger partial charge < -0.3 is 4.74 Å². The van der Waals surface area contributed by atoms with Crippen molar-refractivity contribution >= 4 is 23.0 Å². The highest BCUT2D eigenvalue weighted by atomic mass is 31.2.